The summed E-state index contributed by atoms with van der Waals surface area (Å²) in [6.45, 7) is 0. The Bertz CT molecular complexity index is 765. The molecule has 2 amide bonds. The molecule has 5 nitrogen and oxygen atoms in total. The highest BCUT2D eigenvalue weighted by Gasteiger charge is 2.07. The first-order chi connectivity index (χ1) is 11.5. The molecule has 2 rings (SSSR count). The lowest BCUT2D eigenvalue weighted by molar-refractivity contribution is -0.124. The minimum absolute atomic E-state index is 0.00638. The largest absolute Gasteiger partial charge is 0.326 e. The van der Waals surface area contributed by atoms with E-state index in [0.717, 1.165) is 0 Å². The van der Waals surface area contributed by atoms with E-state index in [1.807, 2.05) is 0 Å². The fourth-order valence-corrected chi connectivity index (χ4v) is 2.02. The Morgan fingerprint density at radius 2 is 1.83 bits per heavy atom. The number of nitrogens with zero attached hydrogens (tertiary/aromatic N) is 1. The SMILES string of the molecule is O=C(CCC(=O)Nc1cccc(Cl)c1)N/N=C/c1ccccc1F. The van der Waals surface area contributed by atoms with Gasteiger partial charge in [0, 0.05) is 29.1 Å². The molecule has 0 aliphatic rings. The second-order valence-electron chi connectivity index (χ2n) is 4.87. The van der Waals surface area contributed by atoms with Gasteiger partial charge in [-0.1, -0.05) is 35.9 Å². The summed E-state index contributed by atoms with van der Waals surface area (Å²) in [5, 5.41) is 6.81. The number of rotatable bonds is 6. The van der Waals surface area contributed by atoms with Crippen LogP contribution in [0.25, 0.3) is 0 Å². The number of carbonyl (C=O) groups excluding carboxylic acids is 2. The van der Waals surface area contributed by atoms with E-state index < -0.39 is 11.7 Å². The van der Waals surface area contributed by atoms with Crippen molar-refractivity contribution >= 4 is 35.3 Å². The van der Waals surface area contributed by atoms with Crippen LogP contribution in [-0.2, 0) is 9.59 Å². The maximum atomic E-state index is 13.3. The number of hydrogen-bond donors (Lipinski definition) is 2. The normalized spacial score (nSPS) is 10.6. The van der Waals surface area contributed by atoms with Crippen LogP contribution in [0, 0.1) is 5.82 Å². The van der Waals surface area contributed by atoms with Crippen LogP contribution in [0.5, 0.6) is 0 Å². The van der Waals surface area contributed by atoms with Crippen molar-refractivity contribution in [1.82, 2.24) is 5.43 Å². The van der Waals surface area contributed by atoms with E-state index in [-0.39, 0.29) is 24.3 Å². The van der Waals surface area contributed by atoms with E-state index in [0.29, 0.717) is 10.7 Å². The molecule has 24 heavy (non-hydrogen) atoms. The maximum Gasteiger partial charge on any atom is 0.240 e. The van der Waals surface area contributed by atoms with Gasteiger partial charge in [0.15, 0.2) is 0 Å². The topological polar surface area (TPSA) is 70.6 Å². The van der Waals surface area contributed by atoms with Gasteiger partial charge in [-0.3, -0.25) is 9.59 Å². The third kappa shape index (κ3) is 5.81. The predicted molar refractivity (Wildman–Crippen MR) is 91.5 cm³/mol. The molecule has 2 N–H and O–H groups in total. The van der Waals surface area contributed by atoms with E-state index in [9.17, 15) is 14.0 Å². The minimum atomic E-state index is -0.441. The van der Waals surface area contributed by atoms with Gasteiger partial charge in [-0.25, -0.2) is 9.82 Å². The third-order valence-corrected chi connectivity index (χ3v) is 3.22. The number of nitrogens with one attached hydrogen (secondary N) is 2. The Morgan fingerprint density at radius 1 is 1.08 bits per heavy atom. The van der Waals surface area contributed by atoms with E-state index >= 15 is 0 Å². The molecule has 0 unspecified atom stereocenters. The molecule has 0 atom stereocenters. The summed E-state index contributed by atoms with van der Waals surface area (Å²) >= 11 is 5.82. The van der Waals surface area contributed by atoms with Gasteiger partial charge in [0.05, 0.1) is 6.21 Å². The maximum absolute atomic E-state index is 13.3. The van der Waals surface area contributed by atoms with Crippen molar-refractivity contribution in [1.29, 1.82) is 0 Å². The Labute approximate surface area is 143 Å². The molecule has 0 saturated heterocycles. The molecular weight excluding hydrogens is 333 g/mol. The van der Waals surface area contributed by atoms with Gasteiger partial charge in [0.1, 0.15) is 5.82 Å². The molecule has 0 aromatic heterocycles. The lowest BCUT2D eigenvalue weighted by Gasteiger charge is -2.05. The van der Waals surface area contributed by atoms with Crippen LogP contribution in [-0.4, -0.2) is 18.0 Å². The highest BCUT2D eigenvalue weighted by molar-refractivity contribution is 6.30. The van der Waals surface area contributed by atoms with Crippen molar-refractivity contribution in [3.63, 3.8) is 0 Å². The van der Waals surface area contributed by atoms with Gasteiger partial charge >= 0.3 is 0 Å². The van der Waals surface area contributed by atoms with Gasteiger partial charge in [-0.05, 0) is 24.3 Å². The molecule has 7 heteroatoms. The number of anilines is 1. The van der Waals surface area contributed by atoms with Gasteiger partial charge < -0.3 is 5.32 Å². The van der Waals surface area contributed by atoms with Crippen LogP contribution in [0.4, 0.5) is 10.1 Å². The van der Waals surface area contributed by atoms with Crippen LogP contribution in [0.15, 0.2) is 53.6 Å². The molecular formula is C17H15ClFN3O2. The van der Waals surface area contributed by atoms with E-state index in [1.165, 1.54) is 18.3 Å². The summed E-state index contributed by atoms with van der Waals surface area (Å²) < 4.78 is 13.3. The van der Waals surface area contributed by atoms with Crippen molar-refractivity contribution in [2.75, 3.05) is 5.32 Å². The van der Waals surface area contributed by atoms with Crippen LogP contribution < -0.4 is 10.7 Å². The van der Waals surface area contributed by atoms with Gasteiger partial charge in [-0.15, -0.1) is 0 Å². The number of hydrogen-bond acceptors (Lipinski definition) is 3. The lowest BCUT2D eigenvalue weighted by Crippen LogP contribution is -2.20. The van der Waals surface area contributed by atoms with E-state index in [4.69, 9.17) is 11.6 Å². The summed E-state index contributed by atoms with van der Waals surface area (Å²) in [7, 11) is 0. The van der Waals surface area contributed by atoms with Crippen LogP contribution in [0.3, 0.4) is 0 Å². The molecule has 2 aromatic carbocycles. The van der Waals surface area contributed by atoms with Gasteiger partial charge in [0.25, 0.3) is 0 Å². The van der Waals surface area contributed by atoms with Crippen molar-refractivity contribution in [2.24, 2.45) is 5.10 Å². The third-order valence-electron chi connectivity index (χ3n) is 2.99. The molecule has 0 bridgehead atoms. The quantitative estimate of drug-likeness (QED) is 0.621. The average Bonchev–Trinajstić information content (AvgIpc) is 2.55. The summed E-state index contributed by atoms with van der Waals surface area (Å²) in [4.78, 5) is 23.4. The molecule has 124 valence electrons. The molecule has 0 saturated carbocycles. The predicted octanol–water partition coefficient (Wildman–Crippen LogP) is 3.35. The summed E-state index contributed by atoms with van der Waals surface area (Å²) in [6.07, 6.45) is 1.16. The molecule has 0 radical (unpaired) electrons. The molecule has 0 aliphatic heterocycles. The zero-order valence-corrected chi connectivity index (χ0v) is 13.4. The fraction of sp³-hybridized carbons (Fsp3) is 0.118. The zero-order valence-electron chi connectivity index (χ0n) is 12.6. The minimum Gasteiger partial charge on any atom is -0.326 e. The second-order valence-corrected chi connectivity index (χ2v) is 5.31. The smallest absolute Gasteiger partial charge is 0.240 e. The van der Waals surface area contributed by atoms with Crippen LogP contribution >= 0.6 is 11.6 Å². The number of hydrazone groups is 1. The number of carbonyl (C=O) groups is 2. The Hall–Kier alpha value is -2.73. The van der Waals surface area contributed by atoms with Gasteiger partial charge in [0.2, 0.25) is 11.8 Å². The highest BCUT2D eigenvalue weighted by Crippen LogP contribution is 2.15. The fourth-order valence-electron chi connectivity index (χ4n) is 1.83. The molecule has 0 aliphatic carbocycles. The van der Waals surface area contributed by atoms with Crippen molar-refractivity contribution in [3.05, 3.63) is 64.9 Å². The zero-order chi connectivity index (χ0) is 17.4. The molecule has 0 spiro atoms. The number of benzene rings is 2. The first-order valence-corrected chi connectivity index (χ1v) is 7.54. The molecule has 0 heterocycles. The van der Waals surface area contributed by atoms with Crippen LogP contribution in [0.1, 0.15) is 18.4 Å². The summed E-state index contributed by atoms with van der Waals surface area (Å²) in [6, 6.07) is 12.8. The monoisotopic (exact) mass is 347 g/mol. The van der Waals surface area contributed by atoms with E-state index in [2.05, 4.69) is 15.8 Å². The van der Waals surface area contributed by atoms with Crippen molar-refractivity contribution < 1.29 is 14.0 Å². The Kier molecular flexibility index (Phi) is 6.45. The molecule has 0 fully saturated rings. The first kappa shape index (κ1) is 17.6. The second kappa shape index (κ2) is 8.79. The number of halogens is 2. The highest BCUT2D eigenvalue weighted by atomic mass is 35.5. The van der Waals surface area contributed by atoms with Crippen molar-refractivity contribution in [2.45, 2.75) is 12.8 Å². The Balaban J connectivity index is 1.75. The standard InChI is InChI=1S/C17H15ClFN3O2/c18-13-5-3-6-14(10-13)21-16(23)8-9-17(24)22-20-11-12-4-1-2-7-15(12)19/h1-7,10-11H,8-9H2,(H,21,23)(H,22,24)/b20-11+. The Morgan fingerprint density at radius 3 is 2.58 bits per heavy atom. The van der Waals surface area contributed by atoms with Gasteiger partial charge in [-0.2, -0.15) is 5.10 Å². The first-order valence-electron chi connectivity index (χ1n) is 7.16. The van der Waals surface area contributed by atoms with Crippen molar-refractivity contribution in [3.8, 4) is 0 Å². The average molecular weight is 348 g/mol. The van der Waals surface area contributed by atoms with E-state index in [1.54, 1.807) is 36.4 Å². The van der Waals surface area contributed by atoms with Crippen LogP contribution in [0.2, 0.25) is 5.02 Å². The lowest BCUT2D eigenvalue weighted by atomic mass is 10.2. The number of amides is 2. The molecule has 2 aromatic rings. The summed E-state index contributed by atoms with van der Waals surface area (Å²) in [5.41, 5.74) is 3.07. The summed E-state index contributed by atoms with van der Waals surface area (Å²) in [5.74, 6) is -1.19.